The second-order valence-electron chi connectivity index (χ2n) is 10.2. The van der Waals surface area contributed by atoms with Crippen molar-refractivity contribution in [1.29, 1.82) is 0 Å². The summed E-state index contributed by atoms with van der Waals surface area (Å²) in [7, 11) is 0. The first-order valence-corrected chi connectivity index (χ1v) is 13.3. The zero-order valence-corrected chi connectivity index (χ0v) is 22.1. The quantitative estimate of drug-likeness (QED) is 0.363. The largest absolute Gasteiger partial charge is 0.459 e. The number of ether oxygens (including phenoxy) is 2. The number of amides is 2. The fourth-order valence-electron chi connectivity index (χ4n) is 4.52. The summed E-state index contributed by atoms with van der Waals surface area (Å²) < 4.78 is 10.6. The van der Waals surface area contributed by atoms with E-state index in [9.17, 15) is 14.4 Å². The molecule has 8 heteroatoms. The second-order valence-corrected chi connectivity index (χ2v) is 10.2. The van der Waals surface area contributed by atoms with Crippen LogP contribution in [-0.2, 0) is 30.5 Å². The molecule has 0 aliphatic carbocycles. The van der Waals surface area contributed by atoms with Gasteiger partial charge in [0.25, 0.3) is 5.91 Å². The van der Waals surface area contributed by atoms with Crippen molar-refractivity contribution in [2.75, 3.05) is 32.7 Å². The van der Waals surface area contributed by atoms with Gasteiger partial charge in [-0.15, -0.1) is 0 Å². The van der Waals surface area contributed by atoms with Gasteiger partial charge in [-0.1, -0.05) is 86.7 Å². The average molecular weight is 520 g/mol. The highest BCUT2D eigenvalue weighted by Gasteiger charge is 2.52. The number of hydrogen-bond donors (Lipinski definition) is 1. The Morgan fingerprint density at radius 2 is 1.63 bits per heavy atom. The molecule has 2 aromatic rings. The molecule has 0 spiro atoms. The summed E-state index contributed by atoms with van der Waals surface area (Å²) in [6.45, 7) is 7.73. The van der Waals surface area contributed by atoms with Gasteiger partial charge in [-0.3, -0.25) is 14.5 Å². The maximum atomic E-state index is 13.3. The standard InChI is InChI=1S/C30H37N3O5/c1-22(2)20-25(31-28(34)26-27(38-26)30(36)37-21-24-12-7-4-8-13-24)29(35)33-18-16-32(17-19-33)15-9-14-23-10-5-3-6-11-23/h3-14,22,25-27H,15-21H2,1-2H3,(H,31,34)/t25-,26+,27+/m0/s1. The lowest BCUT2D eigenvalue weighted by atomic mass is 10.0. The lowest BCUT2D eigenvalue weighted by molar-refractivity contribution is -0.146. The molecule has 3 atom stereocenters. The minimum absolute atomic E-state index is 0.0876. The first kappa shape index (κ1) is 27.5. The van der Waals surface area contributed by atoms with Gasteiger partial charge in [0.15, 0.2) is 12.2 Å². The van der Waals surface area contributed by atoms with Crippen LogP contribution in [0.15, 0.2) is 66.7 Å². The molecule has 202 valence electrons. The first-order chi connectivity index (χ1) is 18.4. The summed E-state index contributed by atoms with van der Waals surface area (Å²) in [5.74, 6) is -0.899. The van der Waals surface area contributed by atoms with Crippen LogP contribution in [0.2, 0.25) is 0 Å². The SMILES string of the molecule is CC(C)C[C@H](NC(=O)[C@@H]1O[C@H]1C(=O)OCc1ccccc1)C(=O)N1CCN(CC=Cc2ccccc2)CC1. The van der Waals surface area contributed by atoms with Crippen LogP contribution in [0.5, 0.6) is 0 Å². The summed E-state index contributed by atoms with van der Waals surface area (Å²) in [4.78, 5) is 42.6. The molecular weight excluding hydrogens is 482 g/mol. The van der Waals surface area contributed by atoms with Crippen LogP contribution < -0.4 is 5.32 Å². The molecule has 2 aliphatic heterocycles. The number of benzene rings is 2. The fourth-order valence-corrected chi connectivity index (χ4v) is 4.52. The van der Waals surface area contributed by atoms with Gasteiger partial charge < -0.3 is 19.7 Å². The van der Waals surface area contributed by atoms with E-state index in [-0.39, 0.29) is 18.4 Å². The molecule has 0 unspecified atom stereocenters. The van der Waals surface area contributed by atoms with Gasteiger partial charge in [-0.05, 0) is 23.5 Å². The summed E-state index contributed by atoms with van der Waals surface area (Å²) >= 11 is 0. The number of nitrogens with zero attached hydrogens (tertiary/aromatic N) is 2. The predicted octanol–water partition coefficient (Wildman–Crippen LogP) is 2.89. The zero-order chi connectivity index (χ0) is 26.9. The van der Waals surface area contributed by atoms with Crippen molar-refractivity contribution < 1.29 is 23.9 Å². The van der Waals surface area contributed by atoms with E-state index in [4.69, 9.17) is 9.47 Å². The van der Waals surface area contributed by atoms with Crippen LogP contribution in [-0.4, -0.2) is 78.6 Å². The number of rotatable bonds is 11. The smallest absolute Gasteiger partial charge is 0.338 e. The number of carbonyl (C=O) groups excluding carboxylic acids is 3. The second kappa shape index (κ2) is 13.3. The van der Waals surface area contributed by atoms with E-state index in [1.807, 2.05) is 67.3 Å². The van der Waals surface area contributed by atoms with Crippen LogP contribution >= 0.6 is 0 Å². The summed E-state index contributed by atoms with van der Waals surface area (Å²) in [6.07, 6.45) is 2.91. The first-order valence-electron chi connectivity index (χ1n) is 13.3. The maximum Gasteiger partial charge on any atom is 0.338 e. The third-order valence-electron chi connectivity index (χ3n) is 6.69. The highest BCUT2D eigenvalue weighted by Crippen LogP contribution is 2.25. The molecule has 4 rings (SSSR count). The van der Waals surface area contributed by atoms with E-state index in [0.717, 1.165) is 25.2 Å². The Morgan fingerprint density at radius 3 is 2.29 bits per heavy atom. The Morgan fingerprint density at radius 1 is 0.974 bits per heavy atom. The van der Waals surface area contributed by atoms with Crippen LogP contribution in [0, 0.1) is 5.92 Å². The summed E-state index contributed by atoms with van der Waals surface area (Å²) in [6, 6.07) is 18.8. The van der Waals surface area contributed by atoms with Gasteiger partial charge in [-0.2, -0.15) is 0 Å². The Labute approximate surface area is 224 Å². The molecule has 2 amide bonds. The van der Waals surface area contributed by atoms with E-state index in [0.29, 0.717) is 19.5 Å². The molecule has 0 aromatic heterocycles. The molecule has 0 saturated carbocycles. The highest BCUT2D eigenvalue weighted by atomic mass is 16.6. The molecule has 0 bridgehead atoms. The topological polar surface area (TPSA) is 91.5 Å². The molecule has 8 nitrogen and oxygen atoms in total. The fraction of sp³-hybridized carbons (Fsp3) is 0.433. The monoisotopic (exact) mass is 519 g/mol. The number of esters is 1. The third kappa shape index (κ3) is 8.00. The third-order valence-corrected chi connectivity index (χ3v) is 6.69. The lowest BCUT2D eigenvalue weighted by Gasteiger charge is -2.36. The number of hydrogen-bond acceptors (Lipinski definition) is 6. The van der Waals surface area contributed by atoms with Gasteiger partial charge in [0.05, 0.1) is 0 Å². The van der Waals surface area contributed by atoms with Gasteiger partial charge in [0, 0.05) is 32.7 Å². The normalized spacial score (nSPS) is 20.3. The number of carbonyl (C=O) groups is 3. The predicted molar refractivity (Wildman–Crippen MR) is 145 cm³/mol. The number of nitrogens with one attached hydrogen (secondary N) is 1. The Kier molecular flexibility index (Phi) is 9.67. The van der Waals surface area contributed by atoms with Crippen molar-refractivity contribution in [2.45, 2.75) is 45.1 Å². The number of piperazine rings is 1. The van der Waals surface area contributed by atoms with E-state index < -0.39 is 30.1 Å². The zero-order valence-electron chi connectivity index (χ0n) is 22.1. The van der Waals surface area contributed by atoms with Crippen LogP contribution in [0.1, 0.15) is 31.4 Å². The van der Waals surface area contributed by atoms with Crippen molar-refractivity contribution in [3.8, 4) is 0 Å². The van der Waals surface area contributed by atoms with E-state index in [2.05, 4.69) is 34.5 Å². The van der Waals surface area contributed by atoms with Crippen LogP contribution in [0.25, 0.3) is 6.08 Å². The molecule has 2 fully saturated rings. The molecule has 2 aromatic carbocycles. The minimum Gasteiger partial charge on any atom is -0.459 e. The van der Waals surface area contributed by atoms with Crippen LogP contribution in [0.3, 0.4) is 0 Å². The molecular formula is C30H37N3O5. The number of epoxide rings is 1. The molecule has 1 N–H and O–H groups in total. The Balaban J connectivity index is 1.23. The minimum atomic E-state index is -0.930. The highest BCUT2D eigenvalue weighted by molar-refractivity contribution is 5.95. The van der Waals surface area contributed by atoms with Crippen LogP contribution in [0.4, 0.5) is 0 Å². The van der Waals surface area contributed by atoms with Crippen molar-refractivity contribution in [1.82, 2.24) is 15.1 Å². The molecule has 2 heterocycles. The van der Waals surface area contributed by atoms with E-state index >= 15 is 0 Å². The van der Waals surface area contributed by atoms with Crippen molar-refractivity contribution in [3.05, 3.63) is 77.9 Å². The maximum absolute atomic E-state index is 13.3. The van der Waals surface area contributed by atoms with Gasteiger partial charge in [0.2, 0.25) is 5.91 Å². The van der Waals surface area contributed by atoms with Crippen molar-refractivity contribution in [3.63, 3.8) is 0 Å². The lowest BCUT2D eigenvalue weighted by Crippen LogP contribution is -2.55. The summed E-state index contributed by atoms with van der Waals surface area (Å²) in [5.41, 5.74) is 2.03. The summed E-state index contributed by atoms with van der Waals surface area (Å²) in [5, 5.41) is 2.84. The molecule has 2 saturated heterocycles. The van der Waals surface area contributed by atoms with Crippen molar-refractivity contribution in [2.24, 2.45) is 5.92 Å². The Bertz CT molecular complexity index is 1100. The molecule has 2 aliphatic rings. The van der Waals surface area contributed by atoms with Crippen molar-refractivity contribution >= 4 is 23.9 Å². The molecule has 0 radical (unpaired) electrons. The van der Waals surface area contributed by atoms with Gasteiger partial charge >= 0.3 is 5.97 Å². The molecule has 38 heavy (non-hydrogen) atoms. The van der Waals surface area contributed by atoms with E-state index in [1.165, 1.54) is 5.56 Å². The Hall–Kier alpha value is -3.49. The average Bonchev–Trinajstić information content (AvgIpc) is 3.74. The van der Waals surface area contributed by atoms with Gasteiger partial charge in [-0.25, -0.2) is 4.79 Å². The van der Waals surface area contributed by atoms with E-state index in [1.54, 1.807) is 0 Å². The van der Waals surface area contributed by atoms with Gasteiger partial charge in [0.1, 0.15) is 12.6 Å².